The largest absolute Gasteiger partial charge is 0.348 e. The minimum absolute atomic E-state index is 0.0631. The summed E-state index contributed by atoms with van der Waals surface area (Å²) in [6.07, 6.45) is 4.59. The van der Waals surface area contributed by atoms with Gasteiger partial charge in [-0.15, -0.1) is 11.3 Å². The van der Waals surface area contributed by atoms with Gasteiger partial charge in [0.2, 0.25) is 0 Å². The molecule has 1 aromatic carbocycles. The Morgan fingerprint density at radius 1 is 1.26 bits per heavy atom. The van der Waals surface area contributed by atoms with Gasteiger partial charge in [-0.2, -0.15) is 5.10 Å². The summed E-state index contributed by atoms with van der Waals surface area (Å²) in [4.78, 5) is 14.7. The maximum atomic E-state index is 12.8. The highest BCUT2D eigenvalue weighted by Gasteiger charge is 2.34. The molecule has 2 aliphatic rings. The van der Waals surface area contributed by atoms with Crippen molar-refractivity contribution < 1.29 is 4.79 Å². The standard InChI is InChI=1S/C21H24N4OS/c1-13-18-11-19(20(26)23-17-9-15-7-8-16(10-17)22-15)27-21(18)25(24-13)12-14-5-3-2-4-6-14/h2-6,11,15-17,22H,7-10,12H2,1H3,(H,23,26). The Kier molecular flexibility index (Phi) is 4.25. The van der Waals surface area contributed by atoms with E-state index in [-0.39, 0.29) is 5.91 Å². The molecule has 0 aliphatic carbocycles. The number of carbonyl (C=O) groups is 1. The first-order valence-corrected chi connectivity index (χ1v) is 10.5. The van der Waals surface area contributed by atoms with Gasteiger partial charge < -0.3 is 10.6 Å². The predicted molar refractivity (Wildman–Crippen MR) is 108 cm³/mol. The van der Waals surface area contributed by atoms with Gasteiger partial charge in [-0.25, -0.2) is 0 Å². The quantitative estimate of drug-likeness (QED) is 0.729. The number of fused-ring (bicyclic) bond motifs is 3. The van der Waals surface area contributed by atoms with Gasteiger partial charge in [0, 0.05) is 23.5 Å². The second-order valence-corrected chi connectivity index (χ2v) is 8.87. The summed E-state index contributed by atoms with van der Waals surface area (Å²) in [6.45, 7) is 2.74. The molecule has 2 N–H and O–H groups in total. The van der Waals surface area contributed by atoms with E-state index in [9.17, 15) is 4.79 Å². The number of hydrogen-bond donors (Lipinski definition) is 2. The summed E-state index contributed by atoms with van der Waals surface area (Å²) < 4.78 is 2.02. The zero-order valence-corrected chi connectivity index (χ0v) is 16.3. The van der Waals surface area contributed by atoms with E-state index in [0.29, 0.717) is 18.1 Å². The lowest BCUT2D eigenvalue weighted by molar-refractivity contribution is 0.0928. The molecule has 0 radical (unpaired) electrons. The van der Waals surface area contributed by atoms with Crippen LogP contribution in [0, 0.1) is 6.92 Å². The molecular weight excluding hydrogens is 356 g/mol. The Balaban J connectivity index is 1.36. The fourth-order valence-corrected chi connectivity index (χ4v) is 5.58. The average Bonchev–Trinajstić information content (AvgIpc) is 3.32. The van der Waals surface area contributed by atoms with E-state index >= 15 is 0 Å². The third-order valence-corrected chi connectivity index (χ3v) is 6.96. The number of aryl methyl sites for hydroxylation is 1. The molecule has 2 atom stereocenters. The first-order chi connectivity index (χ1) is 13.2. The summed E-state index contributed by atoms with van der Waals surface area (Å²) in [5.74, 6) is 0.0631. The van der Waals surface area contributed by atoms with Gasteiger partial charge in [-0.3, -0.25) is 9.48 Å². The van der Waals surface area contributed by atoms with Crippen LogP contribution in [0.4, 0.5) is 0 Å². The van der Waals surface area contributed by atoms with E-state index in [2.05, 4.69) is 27.9 Å². The number of benzene rings is 1. The third-order valence-electron chi connectivity index (χ3n) is 5.81. The molecule has 1 amide bonds. The van der Waals surface area contributed by atoms with Gasteiger partial charge in [-0.1, -0.05) is 30.3 Å². The SMILES string of the molecule is Cc1nn(Cc2ccccc2)c2sc(C(=O)NC3CC4CCC(C3)N4)cc12. The summed E-state index contributed by atoms with van der Waals surface area (Å²) in [5, 5.41) is 12.7. The first kappa shape index (κ1) is 17.0. The van der Waals surface area contributed by atoms with E-state index in [4.69, 9.17) is 0 Å². The van der Waals surface area contributed by atoms with E-state index < -0.39 is 0 Å². The average molecular weight is 381 g/mol. The lowest BCUT2D eigenvalue weighted by Gasteiger charge is -2.29. The normalized spacial score (nSPS) is 24.4. The van der Waals surface area contributed by atoms with E-state index in [1.165, 1.54) is 18.4 Å². The Bertz CT molecular complexity index is 965. The number of aromatic nitrogens is 2. The van der Waals surface area contributed by atoms with Crippen molar-refractivity contribution in [3.8, 4) is 0 Å². The minimum Gasteiger partial charge on any atom is -0.348 e. The second kappa shape index (κ2) is 6.77. The van der Waals surface area contributed by atoms with Crippen molar-refractivity contribution in [3.05, 3.63) is 52.5 Å². The number of piperidine rings is 1. The maximum Gasteiger partial charge on any atom is 0.261 e. The number of amides is 1. The zero-order chi connectivity index (χ0) is 18.4. The molecule has 6 heteroatoms. The molecule has 2 aliphatic heterocycles. The van der Waals surface area contributed by atoms with Gasteiger partial charge in [0.05, 0.1) is 17.1 Å². The van der Waals surface area contributed by atoms with Gasteiger partial charge in [0.1, 0.15) is 4.83 Å². The van der Waals surface area contributed by atoms with E-state index in [0.717, 1.165) is 40.2 Å². The van der Waals surface area contributed by atoms with Crippen LogP contribution in [-0.4, -0.2) is 33.8 Å². The molecule has 0 saturated carbocycles. The van der Waals surface area contributed by atoms with Crippen molar-refractivity contribution >= 4 is 27.5 Å². The summed E-state index contributed by atoms with van der Waals surface area (Å²) in [6, 6.07) is 13.8. The Labute approximate surface area is 162 Å². The lowest BCUT2D eigenvalue weighted by Crippen LogP contribution is -2.47. The zero-order valence-electron chi connectivity index (χ0n) is 15.4. The topological polar surface area (TPSA) is 59.0 Å². The second-order valence-electron chi connectivity index (χ2n) is 7.84. The van der Waals surface area contributed by atoms with Crippen molar-refractivity contribution in [1.29, 1.82) is 0 Å². The van der Waals surface area contributed by atoms with Crippen LogP contribution in [0.5, 0.6) is 0 Å². The van der Waals surface area contributed by atoms with Crippen molar-refractivity contribution in [1.82, 2.24) is 20.4 Å². The Morgan fingerprint density at radius 2 is 2.00 bits per heavy atom. The highest BCUT2D eigenvalue weighted by molar-refractivity contribution is 7.20. The van der Waals surface area contributed by atoms with Crippen LogP contribution in [0.1, 0.15) is 46.6 Å². The van der Waals surface area contributed by atoms with Crippen molar-refractivity contribution in [2.24, 2.45) is 0 Å². The van der Waals surface area contributed by atoms with Crippen molar-refractivity contribution in [3.63, 3.8) is 0 Å². The van der Waals surface area contributed by atoms with Crippen LogP contribution in [0.2, 0.25) is 0 Å². The number of rotatable bonds is 4. The molecule has 2 aromatic heterocycles. The molecule has 3 aromatic rings. The predicted octanol–water partition coefficient (Wildman–Crippen LogP) is 3.47. The van der Waals surface area contributed by atoms with Crippen LogP contribution < -0.4 is 10.6 Å². The van der Waals surface area contributed by atoms with E-state index in [1.54, 1.807) is 11.3 Å². The number of hydrogen-bond acceptors (Lipinski definition) is 4. The van der Waals surface area contributed by atoms with Gasteiger partial charge >= 0.3 is 0 Å². The highest BCUT2D eigenvalue weighted by Crippen LogP contribution is 2.30. The summed E-state index contributed by atoms with van der Waals surface area (Å²) in [7, 11) is 0. The molecule has 5 nitrogen and oxygen atoms in total. The van der Waals surface area contributed by atoms with Crippen molar-refractivity contribution in [2.75, 3.05) is 0 Å². The maximum absolute atomic E-state index is 12.8. The molecule has 0 spiro atoms. The fourth-order valence-electron chi connectivity index (χ4n) is 4.52. The molecule has 2 fully saturated rings. The molecular formula is C21H24N4OS. The summed E-state index contributed by atoms with van der Waals surface area (Å²) in [5.41, 5.74) is 2.20. The minimum atomic E-state index is 0.0631. The summed E-state index contributed by atoms with van der Waals surface area (Å²) >= 11 is 1.55. The van der Waals surface area contributed by atoms with Crippen LogP contribution in [0.3, 0.4) is 0 Å². The highest BCUT2D eigenvalue weighted by atomic mass is 32.1. The number of thiophene rings is 1. The first-order valence-electron chi connectivity index (χ1n) is 9.73. The molecule has 4 heterocycles. The molecule has 5 rings (SSSR count). The molecule has 140 valence electrons. The molecule has 2 saturated heterocycles. The van der Waals surface area contributed by atoms with Crippen LogP contribution in [-0.2, 0) is 6.54 Å². The third kappa shape index (κ3) is 3.28. The Morgan fingerprint density at radius 3 is 2.74 bits per heavy atom. The number of carbonyl (C=O) groups excluding carboxylic acids is 1. The van der Waals surface area contributed by atoms with Crippen LogP contribution in [0.15, 0.2) is 36.4 Å². The number of nitrogens with one attached hydrogen (secondary N) is 2. The monoisotopic (exact) mass is 380 g/mol. The van der Waals surface area contributed by atoms with Crippen LogP contribution in [0.25, 0.3) is 10.2 Å². The molecule has 27 heavy (non-hydrogen) atoms. The van der Waals surface area contributed by atoms with Gasteiger partial charge in [0.15, 0.2) is 0 Å². The fraction of sp³-hybridized carbons (Fsp3) is 0.429. The lowest BCUT2D eigenvalue weighted by atomic mass is 10.00. The van der Waals surface area contributed by atoms with Crippen LogP contribution >= 0.6 is 11.3 Å². The van der Waals surface area contributed by atoms with Gasteiger partial charge in [-0.05, 0) is 44.2 Å². The molecule has 2 unspecified atom stereocenters. The van der Waals surface area contributed by atoms with Gasteiger partial charge in [0.25, 0.3) is 5.91 Å². The van der Waals surface area contributed by atoms with E-state index in [1.807, 2.05) is 35.9 Å². The van der Waals surface area contributed by atoms with Crippen molar-refractivity contribution in [2.45, 2.75) is 57.3 Å². The Hall–Kier alpha value is -2.18. The molecule has 2 bridgehead atoms. The number of nitrogens with zero attached hydrogens (tertiary/aromatic N) is 2. The smallest absolute Gasteiger partial charge is 0.261 e.